The van der Waals surface area contributed by atoms with Gasteiger partial charge in [0, 0.05) is 24.4 Å². The minimum atomic E-state index is -3.62. The lowest BCUT2D eigenvalue weighted by molar-refractivity contribution is 0.403. The van der Waals surface area contributed by atoms with Crippen LogP contribution < -0.4 is 10.5 Å². The normalized spacial score (nSPS) is 11.6. The minimum absolute atomic E-state index is 0.0820. The summed E-state index contributed by atoms with van der Waals surface area (Å²) in [5.74, 6) is -0.0288. The van der Waals surface area contributed by atoms with Gasteiger partial charge in [-0.2, -0.15) is 5.10 Å². The third kappa shape index (κ3) is 2.98. The molecule has 0 radical (unpaired) electrons. The lowest BCUT2D eigenvalue weighted by Crippen LogP contribution is -2.08. The molecule has 0 aliphatic rings. The highest BCUT2D eigenvalue weighted by atomic mass is 35.5. The van der Waals surface area contributed by atoms with E-state index in [0.717, 1.165) is 0 Å². The first-order chi connectivity index (χ1) is 9.76. The second kappa shape index (κ2) is 5.57. The lowest BCUT2D eigenvalue weighted by atomic mass is 10.3. The van der Waals surface area contributed by atoms with Crippen molar-refractivity contribution < 1.29 is 13.2 Å². The quantitative estimate of drug-likeness (QED) is 0.866. The molecule has 0 aliphatic heterocycles. The number of aromatic nitrogens is 2. The van der Waals surface area contributed by atoms with Crippen LogP contribution in [-0.4, -0.2) is 25.3 Å². The molecule has 0 unspecified atom stereocenters. The third-order valence-electron chi connectivity index (χ3n) is 3.13. The van der Waals surface area contributed by atoms with E-state index < -0.39 is 9.84 Å². The summed E-state index contributed by atoms with van der Waals surface area (Å²) in [4.78, 5) is 0.0820. The van der Waals surface area contributed by atoms with E-state index in [1.807, 2.05) is 0 Å². The van der Waals surface area contributed by atoms with Crippen LogP contribution in [0.15, 0.2) is 23.1 Å². The zero-order valence-corrected chi connectivity index (χ0v) is 13.5. The summed E-state index contributed by atoms with van der Waals surface area (Å²) >= 11 is 6.09. The molecule has 21 heavy (non-hydrogen) atoms. The van der Waals surface area contributed by atoms with Crippen LogP contribution in [0.4, 0.5) is 5.69 Å². The van der Waals surface area contributed by atoms with Gasteiger partial charge in [0.25, 0.3) is 0 Å². The molecule has 1 aromatic carbocycles. The van der Waals surface area contributed by atoms with Gasteiger partial charge >= 0.3 is 0 Å². The maximum Gasteiger partial charge on any atom is 0.186 e. The topological polar surface area (TPSA) is 87.2 Å². The Morgan fingerprint density at radius 1 is 1.43 bits per heavy atom. The van der Waals surface area contributed by atoms with Crippen LogP contribution in [0, 0.1) is 6.92 Å². The standard InChI is InChI=1S/C13H16ClN3O3S/c1-8-10(13(14)17(2)16-8)7-21(18,19)12-5-4-9(15)6-11(12)20-3/h4-6H,7,15H2,1-3H3. The molecule has 0 saturated heterocycles. The fourth-order valence-electron chi connectivity index (χ4n) is 2.05. The van der Waals surface area contributed by atoms with E-state index in [-0.39, 0.29) is 16.4 Å². The summed E-state index contributed by atoms with van der Waals surface area (Å²) < 4.78 is 31.7. The Balaban J connectivity index is 2.48. The lowest BCUT2D eigenvalue weighted by Gasteiger charge is -2.10. The fraction of sp³-hybridized carbons (Fsp3) is 0.308. The highest BCUT2D eigenvalue weighted by Gasteiger charge is 2.24. The van der Waals surface area contributed by atoms with Gasteiger partial charge in [-0.1, -0.05) is 11.6 Å². The molecule has 1 heterocycles. The maximum absolute atomic E-state index is 12.6. The molecule has 0 atom stereocenters. The van der Waals surface area contributed by atoms with Gasteiger partial charge in [0.1, 0.15) is 15.8 Å². The SMILES string of the molecule is COc1cc(N)ccc1S(=O)(=O)Cc1c(C)nn(C)c1Cl. The van der Waals surface area contributed by atoms with E-state index in [1.54, 1.807) is 14.0 Å². The average molecular weight is 330 g/mol. The smallest absolute Gasteiger partial charge is 0.186 e. The van der Waals surface area contributed by atoms with Crippen molar-refractivity contribution in [3.8, 4) is 5.75 Å². The van der Waals surface area contributed by atoms with E-state index in [0.29, 0.717) is 22.1 Å². The van der Waals surface area contributed by atoms with Gasteiger partial charge in [0.15, 0.2) is 9.84 Å². The first kappa shape index (κ1) is 15.7. The summed E-state index contributed by atoms with van der Waals surface area (Å²) in [7, 11) is -0.562. The van der Waals surface area contributed by atoms with Crippen molar-refractivity contribution in [3.05, 3.63) is 34.6 Å². The molecule has 0 spiro atoms. The molecule has 114 valence electrons. The number of nitrogens with zero attached hydrogens (tertiary/aromatic N) is 2. The number of sulfone groups is 1. The highest BCUT2D eigenvalue weighted by Crippen LogP contribution is 2.31. The predicted octanol–water partition coefficient (Wildman–Crippen LogP) is 1.95. The summed E-state index contributed by atoms with van der Waals surface area (Å²) in [6.45, 7) is 1.72. The molecule has 8 heteroatoms. The molecular formula is C13H16ClN3O3S. The summed E-state index contributed by atoms with van der Waals surface area (Å²) in [5, 5.41) is 4.42. The van der Waals surface area contributed by atoms with Crippen LogP contribution in [0.5, 0.6) is 5.75 Å². The maximum atomic E-state index is 12.6. The Hall–Kier alpha value is -1.73. The number of nitrogens with two attached hydrogens (primary N) is 1. The number of ether oxygens (including phenoxy) is 1. The predicted molar refractivity (Wildman–Crippen MR) is 81.3 cm³/mol. The number of hydrogen-bond acceptors (Lipinski definition) is 5. The highest BCUT2D eigenvalue weighted by molar-refractivity contribution is 7.90. The average Bonchev–Trinajstić information content (AvgIpc) is 2.64. The van der Waals surface area contributed by atoms with Crippen LogP contribution in [-0.2, 0) is 22.6 Å². The monoisotopic (exact) mass is 329 g/mol. The molecule has 0 fully saturated rings. The number of methoxy groups -OCH3 is 1. The van der Waals surface area contributed by atoms with Gasteiger partial charge in [0.2, 0.25) is 0 Å². The Labute approximate surface area is 128 Å². The van der Waals surface area contributed by atoms with Crippen LogP contribution in [0.25, 0.3) is 0 Å². The van der Waals surface area contributed by atoms with Gasteiger partial charge in [0.05, 0.1) is 18.6 Å². The fourth-order valence-corrected chi connectivity index (χ4v) is 3.97. The Morgan fingerprint density at radius 2 is 2.10 bits per heavy atom. The van der Waals surface area contributed by atoms with Crippen molar-refractivity contribution in [1.82, 2.24) is 9.78 Å². The van der Waals surface area contributed by atoms with E-state index in [9.17, 15) is 8.42 Å². The van der Waals surface area contributed by atoms with E-state index in [4.69, 9.17) is 22.1 Å². The molecule has 2 N–H and O–H groups in total. The second-order valence-corrected chi connectivity index (χ2v) is 6.96. The van der Waals surface area contributed by atoms with Gasteiger partial charge in [-0.05, 0) is 19.1 Å². The molecule has 0 saturated carbocycles. The van der Waals surface area contributed by atoms with Crippen LogP contribution in [0.3, 0.4) is 0 Å². The largest absolute Gasteiger partial charge is 0.495 e. The summed E-state index contributed by atoms with van der Waals surface area (Å²) in [6, 6.07) is 4.43. The third-order valence-corrected chi connectivity index (χ3v) is 5.28. The Kier molecular flexibility index (Phi) is 4.15. The molecular weight excluding hydrogens is 314 g/mol. The summed E-state index contributed by atoms with van der Waals surface area (Å²) in [6.07, 6.45) is 0. The first-order valence-electron chi connectivity index (χ1n) is 6.10. The molecule has 0 amide bonds. The van der Waals surface area contributed by atoms with Crippen LogP contribution >= 0.6 is 11.6 Å². The Morgan fingerprint density at radius 3 is 2.62 bits per heavy atom. The Bertz CT molecular complexity index is 784. The van der Waals surface area contributed by atoms with E-state index in [1.165, 1.54) is 30.0 Å². The van der Waals surface area contributed by atoms with Gasteiger partial charge < -0.3 is 10.5 Å². The van der Waals surface area contributed by atoms with Gasteiger partial charge in [-0.15, -0.1) is 0 Å². The molecule has 2 aromatic rings. The van der Waals surface area contributed by atoms with Crippen molar-refractivity contribution in [3.63, 3.8) is 0 Å². The molecule has 1 aromatic heterocycles. The van der Waals surface area contributed by atoms with Crippen molar-refractivity contribution in [2.75, 3.05) is 12.8 Å². The number of anilines is 1. The van der Waals surface area contributed by atoms with Crippen molar-refractivity contribution >= 4 is 27.1 Å². The zero-order valence-electron chi connectivity index (χ0n) is 11.9. The second-order valence-electron chi connectivity index (χ2n) is 4.65. The van der Waals surface area contributed by atoms with Gasteiger partial charge in [-0.3, -0.25) is 4.68 Å². The van der Waals surface area contributed by atoms with Crippen LogP contribution in [0.2, 0.25) is 5.15 Å². The van der Waals surface area contributed by atoms with Crippen molar-refractivity contribution in [2.45, 2.75) is 17.6 Å². The van der Waals surface area contributed by atoms with Crippen molar-refractivity contribution in [2.24, 2.45) is 7.05 Å². The van der Waals surface area contributed by atoms with Crippen molar-refractivity contribution in [1.29, 1.82) is 0 Å². The number of hydrogen-bond donors (Lipinski definition) is 1. The molecule has 0 aliphatic carbocycles. The van der Waals surface area contributed by atoms with Gasteiger partial charge in [-0.25, -0.2) is 8.42 Å². The zero-order chi connectivity index (χ0) is 15.8. The van der Waals surface area contributed by atoms with E-state index in [2.05, 4.69) is 5.10 Å². The minimum Gasteiger partial charge on any atom is -0.495 e. The number of halogens is 1. The number of benzene rings is 1. The molecule has 0 bridgehead atoms. The summed E-state index contributed by atoms with van der Waals surface area (Å²) in [5.41, 5.74) is 7.14. The number of rotatable bonds is 4. The number of aryl methyl sites for hydroxylation is 2. The molecule has 6 nitrogen and oxygen atoms in total. The molecule has 2 rings (SSSR count). The van der Waals surface area contributed by atoms with E-state index >= 15 is 0 Å². The first-order valence-corrected chi connectivity index (χ1v) is 8.13. The number of nitrogen functional groups attached to an aromatic ring is 1. The van der Waals surface area contributed by atoms with Crippen LogP contribution in [0.1, 0.15) is 11.3 Å².